The Morgan fingerprint density at radius 1 is 1.42 bits per heavy atom. The minimum absolute atomic E-state index is 0.288. The van der Waals surface area contributed by atoms with Crippen LogP contribution in [0.4, 0.5) is 0 Å². The lowest BCUT2D eigenvalue weighted by molar-refractivity contribution is -0.138. The van der Waals surface area contributed by atoms with Gasteiger partial charge in [0.25, 0.3) is 0 Å². The van der Waals surface area contributed by atoms with Gasteiger partial charge in [0.2, 0.25) is 0 Å². The number of esters is 1. The quantitative estimate of drug-likeness (QED) is 0.620. The minimum atomic E-state index is -0.288. The molecule has 1 aromatic carbocycles. The van der Waals surface area contributed by atoms with Crippen LogP contribution < -0.4 is 0 Å². The van der Waals surface area contributed by atoms with Crippen LogP contribution in [0.3, 0.4) is 0 Å². The Morgan fingerprint density at radius 2 is 2.11 bits per heavy atom. The van der Waals surface area contributed by atoms with Crippen LogP contribution in [0.1, 0.15) is 22.6 Å². The van der Waals surface area contributed by atoms with Crippen LogP contribution >= 0.6 is 23.5 Å². The second-order valence-corrected chi connectivity index (χ2v) is 7.56. The van der Waals surface area contributed by atoms with E-state index in [1.807, 2.05) is 23.5 Å². The van der Waals surface area contributed by atoms with E-state index in [0.29, 0.717) is 22.0 Å². The Kier molecular flexibility index (Phi) is 4.99. The fourth-order valence-electron chi connectivity index (χ4n) is 1.73. The third kappa shape index (κ3) is 4.05. The summed E-state index contributed by atoms with van der Waals surface area (Å²) in [7, 11) is 0. The molecule has 2 rings (SSSR count). The molecule has 4 heteroatoms. The topological polar surface area (TPSA) is 26.3 Å². The molecule has 0 bridgehead atoms. The number of ether oxygens (including phenoxy) is 1. The molecule has 102 valence electrons. The molecule has 0 spiro atoms. The molecule has 2 atom stereocenters. The number of hydrogen-bond acceptors (Lipinski definition) is 4. The third-order valence-corrected chi connectivity index (χ3v) is 6.18. The Bertz CT molecular complexity index is 468. The minimum Gasteiger partial charge on any atom is -0.461 e. The predicted octanol–water partition coefficient (Wildman–Crippen LogP) is 3.96. The molecular weight excluding hydrogens is 276 g/mol. The van der Waals surface area contributed by atoms with E-state index in [9.17, 15) is 4.79 Å². The first kappa shape index (κ1) is 14.5. The van der Waals surface area contributed by atoms with Crippen LogP contribution in [0.25, 0.3) is 0 Å². The molecule has 0 saturated carbocycles. The molecule has 0 N–H and O–H groups in total. The maximum atomic E-state index is 11.4. The van der Waals surface area contributed by atoms with Gasteiger partial charge < -0.3 is 4.74 Å². The van der Waals surface area contributed by atoms with Crippen molar-refractivity contribution in [1.29, 1.82) is 0 Å². The van der Waals surface area contributed by atoms with E-state index in [4.69, 9.17) is 4.74 Å². The molecular formula is C15H18O2S2. The lowest BCUT2D eigenvalue weighted by Gasteiger charge is -2.11. The maximum absolute atomic E-state index is 11.4. The highest BCUT2D eigenvalue weighted by atomic mass is 32.2. The van der Waals surface area contributed by atoms with Crippen molar-refractivity contribution in [2.24, 2.45) is 0 Å². The van der Waals surface area contributed by atoms with E-state index < -0.39 is 0 Å². The van der Waals surface area contributed by atoms with E-state index in [1.54, 1.807) is 6.92 Å². The average molecular weight is 294 g/mol. The maximum Gasteiger partial charge on any atom is 0.333 e. The fraction of sp³-hybridized carbons (Fsp3) is 0.400. The number of benzene rings is 1. The van der Waals surface area contributed by atoms with Crippen molar-refractivity contribution in [3.63, 3.8) is 0 Å². The number of carbonyl (C=O) groups is 1. The lowest BCUT2D eigenvalue weighted by Crippen LogP contribution is -2.16. The molecule has 1 fully saturated rings. The summed E-state index contributed by atoms with van der Waals surface area (Å²) in [5, 5.41) is 0.375. The monoisotopic (exact) mass is 294 g/mol. The summed E-state index contributed by atoms with van der Waals surface area (Å²) in [4.78, 5) is 11.4. The average Bonchev–Trinajstić information content (AvgIpc) is 2.85. The van der Waals surface area contributed by atoms with Crippen LogP contribution in [-0.4, -0.2) is 23.6 Å². The smallest absolute Gasteiger partial charge is 0.333 e. The standard InChI is InChI=1S/C15H18O2S2/c1-10(2)14(16)17-8-13-9-18-15(19-13)12-6-4-11(3)5-7-12/h4-7,13,15H,1,8-9H2,2-3H3. The molecule has 2 nitrogen and oxygen atoms in total. The summed E-state index contributed by atoms with van der Waals surface area (Å²) >= 11 is 3.80. The lowest BCUT2D eigenvalue weighted by atomic mass is 10.2. The molecule has 2 unspecified atom stereocenters. The molecule has 0 radical (unpaired) electrons. The first-order valence-electron chi connectivity index (χ1n) is 6.22. The van der Waals surface area contributed by atoms with Gasteiger partial charge in [-0.25, -0.2) is 4.79 Å². The van der Waals surface area contributed by atoms with Gasteiger partial charge in [-0.3, -0.25) is 0 Å². The molecule has 0 aromatic heterocycles. The molecule has 0 amide bonds. The number of rotatable bonds is 4. The highest BCUT2D eigenvalue weighted by Crippen LogP contribution is 2.49. The zero-order chi connectivity index (χ0) is 13.8. The van der Waals surface area contributed by atoms with Gasteiger partial charge in [0.1, 0.15) is 6.61 Å². The van der Waals surface area contributed by atoms with Gasteiger partial charge in [0.05, 0.1) is 4.58 Å². The van der Waals surface area contributed by atoms with Gasteiger partial charge in [0, 0.05) is 16.6 Å². The van der Waals surface area contributed by atoms with E-state index in [1.165, 1.54) is 11.1 Å². The van der Waals surface area contributed by atoms with Gasteiger partial charge >= 0.3 is 5.97 Å². The highest BCUT2D eigenvalue weighted by molar-refractivity contribution is 8.19. The van der Waals surface area contributed by atoms with E-state index >= 15 is 0 Å². The van der Waals surface area contributed by atoms with Crippen LogP contribution in [0.5, 0.6) is 0 Å². The predicted molar refractivity (Wildman–Crippen MR) is 83.5 cm³/mol. The van der Waals surface area contributed by atoms with E-state index in [-0.39, 0.29) is 5.97 Å². The Labute approximate surface area is 123 Å². The Hall–Kier alpha value is -0.870. The van der Waals surface area contributed by atoms with Gasteiger partial charge in [-0.05, 0) is 19.4 Å². The number of thioether (sulfide) groups is 2. The first-order chi connectivity index (χ1) is 9.06. The van der Waals surface area contributed by atoms with E-state index in [2.05, 4.69) is 37.8 Å². The largest absolute Gasteiger partial charge is 0.461 e. The summed E-state index contributed by atoms with van der Waals surface area (Å²) in [6.07, 6.45) is 0. The van der Waals surface area contributed by atoms with Crippen LogP contribution in [0.2, 0.25) is 0 Å². The van der Waals surface area contributed by atoms with Gasteiger partial charge in [-0.2, -0.15) is 0 Å². The fourth-order valence-corrected chi connectivity index (χ4v) is 4.94. The summed E-state index contributed by atoms with van der Waals surface area (Å²) in [5.41, 5.74) is 3.09. The molecule has 0 aliphatic carbocycles. The van der Waals surface area contributed by atoms with Crippen molar-refractivity contribution in [3.05, 3.63) is 47.5 Å². The molecule has 19 heavy (non-hydrogen) atoms. The SMILES string of the molecule is C=C(C)C(=O)OCC1CSC(c2ccc(C)cc2)S1. The van der Waals surface area contributed by atoms with Gasteiger partial charge in [0.15, 0.2) is 0 Å². The van der Waals surface area contributed by atoms with Crippen molar-refractivity contribution >= 4 is 29.5 Å². The first-order valence-corrected chi connectivity index (χ1v) is 8.21. The summed E-state index contributed by atoms with van der Waals surface area (Å²) in [6, 6.07) is 8.65. The Morgan fingerprint density at radius 3 is 2.74 bits per heavy atom. The van der Waals surface area contributed by atoms with Crippen molar-refractivity contribution < 1.29 is 9.53 Å². The van der Waals surface area contributed by atoms with Crippen LogP contribution in [-0.2, 0) is 9.53 Å². The van der Waals surface area contributed by atoms with Crippen LogP contribution in [0, 0.1) is 6.92 Å². The summed E-state index contributed by atoms with van der Waals surface area (Å²) < 4.78 is 5.67. The molecule has 1 aromatic rings. The van der Waals surface area contributed by atoms with Crippen molar-refractivity contribution in [3.8, 4) is 0 Å². The van der Waals surface area contributed by atoms with Crippen LogP contribution in [0.15, 0.2) is 36.4 Å². The second kappa shape index (κ2) is 6.53. The number of aryl methyl sites for hydroxylation is 1. The molecule has 1 saturated heterocycles. The number of hydrogen-bond donors (Lipinski definition) is 0. The van der Waals surface area contributed by atoms with Gasteiger partial charge in [-0.1, -0.05) is 36.4 Å². The molecule has 1 heterocycles. The second-order valence-electron chi connectivity index (χ2n) is 4.71. The summed E-state index contributed by atoms with van der Waals surface area (Å²) in [6.45, 7) is 7.83. The van der Waals surface area contributed by atoms with Crippen molar-refractivity contribution in [2.75, 3.05) is 12.4 Å². The number of carbonyl (C=O) groups excluding carboxylic acids is 1. The molecule has 1 aliphatic heterocycles. The van der Waals surface area contributed by atoms with E-state index in [0.717, 1.165) is 5.75 Å². The zero-order valence-electron chi connectivity index (χ0n) is 11.2. The zero-order valence-corrected chi connectivity index (χ0v) is 12.9. The normalized spacial score (nSPS) is 22.2. The molecule has 1 aliphatic rings. The summed E-state index contributed by atoms with van der Waals surface area (Å²) in [5.74, 6) is 0.733. The van der Waals surface area contributed by atoms with Gasteiger partial charge in [-0.15, -0.1) is 23.5 Å². The van der Waals surface area contributed by atoms with Crippen molar-refractivity contribution in [1.82, 2.24) is 0 Å². The Balaban J connectivity index is 1.84. The van der Waals surface area contributed by atoms with Crippen molar-refractivity contribution in [2.45, 2.75) is 23.7 Å². The highest BCUT2D eigenvalue weighted by Gasteiger charge is 2.28. The third-order valence-electron chi connectivity index (χ3n) is 2.85.